The molecular weight excluding hydrogens is 260 g/mol. The Morgan fingerprint density at radius 1 is 1.21 bits per heavy atom. The second-order valence-corrected chi connectivity index (χ2v) is 5.52. The molecule has 2 rings (SSSR count). The van der Waals surface area contributed by atoms with Crippen LogP contribution in [0.4, 0.5) is 5.00 Å². The molecule has 102 valence electrons. The predicted molar refractivity (Wildman–Crippen MR) is 79.2 cm³/mol. The zero-order valence-corrected chi connectivity index (χ0v) is 12.4. The van der Waals surface area contributed by atoms with Gasteiger partial charge in [0.05, 0.1) is 19.2 Å². The number of hydrogen-bond acceptors (Lipinski definition) is 5. The highest BCUT2D eigenvalue weighted by atomic mass is 32.1. The third-order valence-corrected chi connectivity index (χ3v) is 4.01. The van der Waals surface area contributed by atoms with Crippen LogP contribution in [0.3, 0.4) is 0 Å². The summed E-state index contributed by atoms with van der Waals surface area (Å²) in [5.74, 6) is 1.70. The van der Waals surface area contributed by atoms with Crippen molar-refractivity contribution in [1.82, 2.24) is 4.98 Å². The molecule has 1 aromatic carbocycles. The van der Waals surface area contributed by atoms with Gasteiger partial charge in [-0.25, -0.2) is 4.98 Å². The van der Waals surface area contributed by atoms with E-state index in [1.54, 1.807) is 14.2 Å². The van der Waals surface area contributed by atoms with E-state index in [4.69, 9.17) is 15.2 Å². The lowest BCUT2D eigenvalue weighted by Crippen LogP contribution is -1.95. The van der Waals surface area contributed by atoms with Crippen LogP contribution in [0.2, 0.25) is 0 Å². The van der Waals surface area contributed by atoms with Gasteiger partial charge in [-0.15, -0.1) is 11.3 Å². The number of benzene rings is 1. The second-order valence-electron chi connectivity index (χ2n) is 4.46. The van der Waals surface area contributed by atoms with Crippen LogP contribution in [0.1, 0.15) is 24.8 Å². The molecule has 19 heavy (non-hydrogen) atoms. The first-order valence-electron chi connectivity index (χ1n) is 6.06. The lowest BCUT2D eigenvalue weighted by atomic mass is 10.1. The van der Waals surface area contributed by atoms with E-state index in [1.807, 2.05) is 18.2 Å². The number of aromatic nitrogens is 1. The molecule has 1 heterocycles. The molecule has 0 bridgehead atoms. The smallest absolute Gasteiger partial charge is 0.170 e. The van der Waals surface area contributed by atoms with Gasteiger partial charge in [-0.2, -0.15) is 0 Å². The van der Waals surface area contributed by atoms with Gasteiger partial charge in [-0.3, -0.25) is 0 Å². The Hall–Kier alpha value is -1.75. The summed E-state index contributed by atoms with van der Waals surface area (Å²) in [4.78, 5) is 4.62. The van der Waals surface area contributed by atoms with Crippen LogP contribution < -0.4 is 15.2 Å². The van der Waals surface area contributed by atoms with Crippen LogP contribution in [0, 0.1) is 0 Å². The molecule has 0 spiro atoms. The average molecular weight is 278 g/mol. The quantitative estimate of drug-likeness (QED) is 0.929. The topological polar surface area (TPSA) is 57.4 Å². The Labute approximate surface area is 117 Å². The van der Waals surface area contributed by atoms with Gasteiger partial charge in [-0.1, -0.05) is 19.9 Å². The normalized spacial score (nSPS) is 10.8. The molecule has 4 nitrogen and oxygen atoms in total. The first-order chi connectivity index (χ1) is 9.08. The molecule has 5 heteroatoms. The zero-order valence-electron chi connectivity index (χ0n) is 11.6. The molecule has 0 atom stereocenters. The molecule has 0 amide bonds. The van der Waals surface area contributed by atoms with Crippen LogP contribution in [0.5, 0.6) is 11.5 Å². The van der Waals surface area contributed by atoms with E-state index in [0.717, 1.165) is 16.3 Å². The second kappa shape index (κ2) is 5.48. The molecule has 1 aromatic heterocycles. The Bertz CT molecular complexity index is 579. The summed E-state index contributed by atoms with van der Waals surface area (Å²) in [6.45, 7) is 4.20. The average Bonchev–Trinajstić information content (AvgIpc) is 2.79. The van der Waals surface area contributed by atoms with E-state index in [0.29, 0.717) is 22.4 Å². The molecular formula is C14H18N2O2S. The third-order valence-electron chi connectivity index (χ3n) is 2.82. The maximum Gasteiger partial charge on any atom is 0.170 e. The number of ether oxygens (including phenoxy) is 2. The van der Waals surface area contributed by atoms with Crippen molar-refractivity contribution < 1.29 is 9.47 Å². The number of anilines is 1. The summed E-state index contributed by atoms with van der Waals surface area (Å²) in [5, 5.41) is 1.73. The van der Waals surface area contributed by atoms with Gasteiger partial charge in [0.2, 0.25) is 0 Å². The fraction of sp³-hybridized carbons (Fsp3) is 0.357. The van der Waals surface area contributed by atoms with Crippen molar-refractivity contribution in [1.29, 1.82) is 0 Å². The van der Waals surface area contributed by atoms with Gasteiger partial charge in [0.25, 0.3) is 0 Å². The van der Waals surface area contributed by atoms with Gasteiger partial charge < -0.3 is 15.2 Å². The van der Waals surface area contributed by atoms with Gasteiger partial charge in [0, 0.05) is 11.5 Å². The summed E-state index contributed by atoms with van der Waals surface area (Å²) in [7, 11) is 3.23. The highest BCUT2D eigenvalue weighted by Crippen LogP contribution is 2.42. The Kier molecular flexibility index (Phi) is 3.95. The van der Waals surface area contributed by atoms with E-state index >= 15 is 0 Å². The van der Waals surface area contributed by atoms with Crippen molar-refractivity contribution in [3.05, 3.63) is 23.2 Å². The highest BCUT2D eigenvalue weighted by Gasteiger charge is 2.18. The number of para-hydroxylation sites is 1. The van der Waals surface area contributed by atoms with Crippen molar-refractivity contribution in [3.63, 3.8) is 0 Å². The van der Waals surface area contributed by atoms with E-state index in [2.05, 4.69) is 18.8 Å². The van der Waals surface area contributed by atoms with Crippen LogP contribution in [0.15, 0.2) is 18.2 Å². The van der Waals surface area contributed by atoms with Crippen LogP contribution in [0.25, 0.3) is 11.3 Å². The number of hydrogen-bond donors (Lipinski definition) is 1. The monoisotopic (exact) mass is 278 g/mol. The molecule has 0 saturated heterocycles. The maximum absolute atomic E-state index is 6.09. The SMILES string of the molecule is COc1cccc(-c2nc(C(C)C)sc2N)c1OC. The number of rotatable bonds is 4. The first-order valence-corrected chi connectivity index (χ1v) is 6.87. The predicted octanol–water partition coefficient (Wildman–Crippen LogP) is 3.53. The third kappa shape index (κ3) is 2.51. The van der Waals surface area contributed by atoms with Gasteiger partial charge in [-0.05, 0) is 12.1 Å². The van der Waals surface area contributed by atoms with E-state index in [1.165, 1.54) is 11.3 Å². The van der Waals surface area contributed by atoms with Crippen molar-refractivity contribution in [2.75, 3.05) is 20.0 Å². The molecule has 0 unspecified atom stereocenters. The zero-order chi connectivity index (χ0) is 14.0. The van der Waals surface area contributed by atoms with Crippen LogP contribution in [-0.4, -0.2) is 19.2 Å². The summed E-state index contributed by atoms with van der Waals surface area (Å²) < 4.78 is 10.7. The summed E-state index contributed by atoms with van der Waals surface area (Å²) in [6, 6.07) is 5.70. The largest absolute Gasteiger partial charge is 0.493 e. The minimum Gasteiger partial charge on any atom is -0.493 e. The Morgan fingerprint density at radius 3 is 2.47 bits per heavy atom. The molecule has 0 aliphatic rings. The lowest BCUT2D eigenvalue weighted by molar-refractivity contribution is 0.356. The molecule has 2 N–H and O–H groups in total. The summed E-state index contributed by atoms with van der Waals surface area (Å²) in [6.07, 6.45) is 0. The number of nitrogens with zero attached hydrogens (tertiary/aromatic N) is 1. The lowest BCUT2D eigenvalue weighted by Gasteiger charge is -2.11. The van der Waals surface area contributed by atoms with Crippen LogP contribution >= 0.6 is 11.3 Å². The van der Waals surface area contributed by atoms with Crippen molar-refractivity contribution in [3.8, 4) is 22.8 Å². The van der Waals surface area contributed by atoms with E-state index < -0.39 is 0 Å². The maximum atomic E-state index is 6.09. The minimum absolute atomic E-state index is 0.359. The standard InChI is InChI=1S/C14H18N2O2S/c1-8(2)14-16-11(13(15)19-14)9-6-5-7-10(17-3)12(9)18-4/h5-8H,15H2,1-4H3. The molecule has 0 aliphatic carbocycles. The van der Waals surface area contributed by atoms with Crippen molar-refractivity contribution in [2.45, 2.75) is 19.8 Å². The summed E-state index contributed by atoms with van der Waals surface area (Å²) >= 11 is 1.52. The van der Waals surface area contributed by atoms with Gasteiger partial charge in [0.1, 0.15) is 10.7 Å². The fourth-order valence-electron chi connectivity index (χ4n) is 1.86. The fourth-order valence-corrected chi connectivity index (χ4v) is 2.71. The molecule has 0 saturated carbocycles. The van der Waals surface area contributed by atoms with E-state index in [-0.39, 0.29) is 0 Å². The Morgan fingerprint density at radius 2 is 1.95 bits per heavy atom. The molecule has 0 radical (unpaired) electrons. The summed E-state index contributed by atoms with van der Waals surface area (Å²) in [5.41, 5.74) is 7.72. The van der Waals surface area contributed by atoms with Crippen molar-refractivity contribution >= 4 is 16.3 Å². The minimum atomic E-state index is 0.359. The number of nitrogen functional groups attached to an aromatic ring is 1. The molecule has 0 aliphatic heterocycles. The molecule has 2 aromatic rings. The Balaban J connectivity index is 2.58. The molecule has 0 fully saturated rings. The van der Waals surface area contributed by atoms with E-state index in [9.17, 15) is 0 Å². The number of nitrogens with two attached hydrogens (primary N) is 1. The van der Waals surface area contributed by atoms with Gasteiger partial charge in [0.15, 0.2) is 11.5 Å². The highest BCUT2D eigenvalue weighted by molar-refractivity contribution is 7.16. The first kappa shape index (κ1) is 13.7. The van der Waals surface area contributed by atoms with Crippen molar-refractivity contribution in [2.24, 2.45) is 0 Å². The van der Waals surface area contributed by atoms with Crippen LogP contribution in [-0.2, 0) is 0 Å². The number of methoxy groups -OCH3 is 2. The number of thiazole rings is 1. The van der Waals surface area contributed by atoms with Gasteiger partial charge >= 0.3 is 0 Å².